The molecular formula is C10H16N4O2S. The summed E-state index contributed by atoms with van der Waals surface area (Å²) in [7, 11) is 0. The van der Waals surface area contributed by atoms with E-state index in [2.05, 4.69) is 22.4 Å². The fourth-order valence-corrected chi connectivity index (χ4v) is 2.41. The number of aliphatic hydroxyl groups is 1. The monoisotopic (exact) mass is 256 g/mol. The van der Waals surface area contributed by atoms with Crippen molar-refractivity contribution in [2.75, 3.05) is 25.0 Å². The minimum Gasteiger partial charge on any atom is -0.391 e. The lowest BCUT2D eigenvalue weighted by Crippen LogP contribution is -2.29. The summed E-state index contributed by atoms with van der Waals surface area (Å²) in [5.41, 5.74) is 0. The molecule has 0 aromatic carbocycles. The van der Waals surface area contributed by atoms with Gasteiger partial charge in [0.05, 0.1) is 6.10 Å². The predicted molar refractivity (Wildman–Crippen MR) is 65.2 cm³/mol. The molecule has 1 saturated heterocycles. The fourth-order valence-electron chi connectivity index (χ4n) is 1.67. The van der Waals surface area contributed by atoms with E-state index in [4.69, 9.17) is 0 Å². The summed E-state index contributed by atoms with van der Waals surface area (Å²) in [6, 6.07) is 0. The second kappa shape index (κ2) is 5.42. The van der Waals surface area contributed by atoms with Crippen LogP contribution in [0.3, 0.4) is 0 Å². The Hall–Kier alpha value is -1.21. The topological polar surface area (TPSA) is 78.4 Å². The van der Waals surface area contributed by atoms with Gasteiger partial charge in [-0.15, -0.1) is 10.2 Å². The second-order valence-electron chi connectivity index (χ2n) is 4.03. The van der Waals surface area contributed by atoms with Gasteiger partial charge in [-0.3, -0.25) is 4.79 Å². The van der Waals surface area contributed by atoms with Crippen LogP contribution in [0, 0.1) is 0 Å². The van der Waals surface area contributed by atoms with Crippen LogP contribution in [0.4, 0.5) is 5.13 Å². The molecular weight excluding hydrogens is 240 g/mol. The molecule has 94 valence electrons. The Morgan fingerprint density at radius 2 is 2.47 bits per heavy atom. The summed E-state index contributed by atoms with van der Waals surface area (Å²) in [5.74, 6) is -0.136. The molecule has 1 aliphatic rings. The van der Waals surface area contributed by atoms with Crippen LogP contribution in [0.25, 0.3) is 0 Å². The molecule has 0 saturated carbocycles. The van der Waals surface area contributed by atoms with E-state index in [-0.39, 0.29) is 5.91 Å². The number of likely N-dealkylation sites (tertiary alicyclic amines) is 1. The largest absolute Gasteiger partial charge is 0.391 e. The molecule has 2 rings (SSSR count). The summed E-state index contributed by atoms with van der Waals surface area (Å²) in [6.45, 7) is 3.88. The highest BCUT2D eigenvalue weighted by Gasteiger charge is 2.27. The van der Waals surface area contributed by atoms with Crippen LogP contribution in [0.1, 0.15) is 29.6 Å². The van der Waals surface area contributed by atoms with Gasteiger partial charge in [0, 0.05) is 19.6 Å². The van der Waals surface area contributed by atoms with Gasteiger partial charge in [0.2, 0.25) is 10.1 Å². The lowest BCUT2D eigenvalue weighted by molar-refractivity contribution is 0.0764. The molecule has 1 unspecified atom stereocenters. The van der Waals surface area contributed by atoms with E-state index in [0.717, 1.165) is 13.0 Å². The van der Waals surface area contributed by atoms with Gasteiger partial charge in [-0.1, -0.05) is 18.3 Å². The fraction of sp³-hybridized carbons (Fsp3) is 0.700. The minimum absolute atomic E-state index is 0.136. The SMILES string of the molecule is CCCNc1nnc(C(=O)N2CCC(O)C2)s1. The maximum Gasteiger partial charge on any atom is 0.284 e. The number of anilines is 1. The number of nitrogens with zero attached hydrogens (tertiary/aromatic N) is 3. The summed E-state index contributed by atoms with van der Waals surface area (Å²) in [6.07, 6.45) is 1.25. The summed E-state index contributed by atoms with van der Waals surface area (Å²) in [4.78, 5) is 13.6. The molecule has 2 N–H and O–H groups in total. The first-order valence-corrected chi connectivity index (χ1v) is 6.57. The van der Waals surface area contributed by atoms with Crippen LogP contribution < -0.4 is 5.32 Å². The molecule has 1 aliphatic heterocycles. The van der Waals surface area contributed by atoms with Gasteiger partial charge in [-0.05, 0) is 12.8 Å². The van der Waals surface area contributed by atoms with Crippen molar-refractivity contribution >= 4 is 22.4 Å². The highest BCUT2D eigenvalue weighted by Crippen LogP contribution is 2.19. The first-order chi connectivity index (χ1) is 8.20. The first-order valence-electron chi connectivity index (χ1n) is 5.75. The van der Waals surface area contributed by atoms with Crippen molar-refractivity contribution in [1.82, 2.24) is 15.1 Å². The molecule has 0 aliphatic carbocycles. The van der Waals surface area contributed by atoms with Gasteiger partial charge >= 0.3 is 0 Å². The molecule has 1 fully saturated rings. The average Bonchev–Trinajstić information content (AvgIpc) is 2.94. The lowest BCUT2D eigenvalue weighted by Gasteiger charge is -2.12. The number of aromatic nitrogens is 2. The number of aliphatic hydroxyl groups excluding tert-OH is 1. The maximum absolute atomic E-state index is 12.0. The van der Waals surface area contributed by atoms with E-state index in [1.165, 1.54) is 11.3 Å². The molecule has 1 amide bonds. The number of hydrogen-bond acceptors (Lipinski definition) is 6. The van der Waals surface area contributed by atoms with Crippen LogP contribution >= 0.6 is 11.3 Å². The summed E-state index contributed by atoms with van der Waals surface area (Å²) < 4.78 is 0. The van der Waals surface area contributed by atoms with Gasteiger partial charge in [-0.2, -0.15) is 0 Å². The van der Waals surface area contributed by atoms with Crippen molar-refractivity contribution in [3.8, 4) is 0 Å². The van der Waals surface area contributed by atoms with Crippen molar-refractivity contribution in [3.63, 3.8) is 0 Å². The number of carbonyl (C=O) groups excluding carboxylic acids is 1. The number of β-amino-alcohol motifs (C(OH)–C–C–N with tert-alkyl or cyclic N) is 1. The highest BCUT2D eigenvalue weighted by atomic mass is 32.1. The zero-order chi connectivity index (χ0) is 12.3. The third-order valence-electron chi connectivity index (χ3n) is 2.58. The Morgan fingerprint density at radius 3 is 3.12 bits per heavy atom. The Morgan fingerprint density at radius 1 is 1.65 bits per heavy atom. The highest BCUT2D eigenvalue weighted by molar-refractivity contribution is 7.17. The molecule has 7 heteroatoms. The quantitative estimate of drug-likeness (QED) is 0.823. The first kappa shape index (κ1) is 12.3. The van der Waals surface area contributed by atoms with Crippen molar-refractivity contribution in [3.05, 3.63) is 5.01 Å². The van der Waals surface area contributed by atoms with E-state index in [0.29, 0.717) is 29.6 Å². The Balaban J connectivity index is 1.97. The van der Waals surface area contributed by atoms with Crippen LogP contribution in [0.2, 0.25) is 0 Å². The van der Waals surface area contributed by atoms with Crippen LogP contribution in [0.5, 0.6) is 0 Å². The standard InChI is InChI=1S/C10H16N4O2S/c1-2-4-11-10-13-12-8(17-10)9(16)14-5-3-7(15)6-14/h7,15H,2-6H2,1H3,(H,11,13). The zero-order valence-electron chi connectivity index (χ0n) is 9.72. The van der Waals surface area contributed by atoms with Gasteiger partial charge < -0.3 is 15.3 Å². The van der Waals surface area contributed by atoms with Crippen molar-refractivity contribution in [1.29, 1.82) is 0 Å². The van der Waals surface area contributed by atoms with Gasteiger partial charge in [-0.25, -0.2) is 0 Å². The van der Waals surface area contributed by atoms with E-state index in [1.807, 2.05) is 0 Å². The normalized spacial score (nSPS) is 19.6. The third-order valence-corrected chi connectivity index (χ3v) is 3.45. The van der Waals surface area contributed by atoms with Crippen LogP contribution in [-0.4, -0.2) is 51.8 Å². The second-order valence-corrected chi connectivity index (χ2v) is 5.01. The van der Waals surface area contributed by atoms with Gasteiger partial charge in [0.25, 0.3) is 5.91 Å². The number of hydrogen-bond donors (Lipinski definition) is 2. The molecule has 0 radical (unpaired) electrons. The Labute approximate surface area is 104 Å². The molecule has 6 nitrogen and oxygen atoms in total. The zero-order valence-corrected chi connectivity index (χ0v) is 10.5. The van der Waals surface area contributed by atoms with Crippen LogP contribution in [-0.2, 0) is 0 Å². The number of nitrogens with one attached hydrogen (secondary N) is 1. The maximum atomic E-state index is 12.0. The molecule has 1 aromatic heterocycles. The minimum atomic E-state index is -0.399. The average molecular weight is 256 g/mol. The lowest BCUT2D eigenvalue weighted by atomic mass is 10.3. The molecule has 17 heavy (non-hydrogen) atoms. The van der Waals surface area contributed by atoms with Crippen molar-refractivity contribution < 1.29 is 9.90 Å². The van der Waals surface area contributed by atoms with Crippen molar-refractivity contribution in [2.45, 2.75) is 25.9 Å². The van der Waals surface area contributed by atoms with Crippen LogP contribution in [0.15, 0.2) is 0 Å². The smallest absolute Gasteiger partial charge is 0.284 e. The number of rotatable bonds is 4. The van der Waals surface area contributed by atoms with Gasteiger partial charge in [0.1, 0.15) is 0 Å². The molecule has 0 bridgehead atoms. The van der Waals surface area contributed by atoms with Crippen molar-refractivity contribution in [2.24, 2.45) is 0 Å². The summed E-state index contributed by atoms with van der Waals surface area (Å²) >= 11 is 1.26. The molecule has 0 spiro atoms. The Kier molecular flexibility index (Phi) is 3.90. The number of carbonyl (C=O) groups is 1. The van der Waals surface area contributed by atoms with E-state index in [9.17, 15) is 9.90 Å². The third kappa shape index (κ3) is 2.92. The predicted octanol–water partition coefficient (Wildman–Crippen LogP) is 0.567. The van der Waals surface area contributed by atoms with E-state index < -0.39 is 6.10 Å². The number of amides is 1. The molecule has 2 heterocycles. The van der Waals surface area contributed by atoms with Gasteiger partial charge in [0.15, 0.2) is 0 Å². The van der Waals surface area contributed by atoms with E-state index >= 15 is 0 Å². The Bertz CT molecular complexity index is 395. The molecule has 1 atom stereocenters. The van der Waals surface area contributed by atoms with E-state index in [1.54, 1.807) is 4.90 Å². The summed E-state index contributed by atoms with van der Waals surface area (Å²) in [5, 5.41) is 21.3. The molecule has 1 aromatic rings.